The molecule has 218 valence electrons. The molecular weight excluding hydrogens is 514 g/mol. The fourth-order valence-corrected chi connectivity index (χ4v) is 7.41. The van der Waals surface area contributed by atoms with Gasteiger partial charge in [0, 0.05) is 30.8 Å². The van der Waals surface area contributed by atoms with Crippen LogP contribution in [0.15, 0.2) is 24.3 Å². The lowest BCUT2D eigenvalue weighted by Gasteiger charge is -2.43. The van der Waals surface area contributed by atoms with Crippen LogP contribution in [0.5, 0.6) is 0 Å². The lowest BCUT2D eigenvalue weighted by Crippen LogP contribution is -2.52. The third-order valence-corrected chi connectivity index (χ3v) is 9.68. The number of carbonyl (C=O) groups is 2. The molecule has 1 aliphatic carbocycles. The van der Waals surface area contributed by atoms with Gasteiger partial charge in [-0.3, -0.25) is 14.5 Å². The summed E-state index contributed by atoms with van der Waals surface area (Å²) in [5.74, 6) is -0.131. The number of carbonyl (C=O) groups excluding carboxylic acids is 2. The van der Waals surface area contributed by atoms with Gasteiger partial charge in [0.05, 0.1) is 0 Å². The van der Waals surface area contributed by atoms with Crippen molar-refractivity contribution in [3.8, 4) is 0 Å². The van der Waals surface area contributed by atoms with Crippen LogP contribution in [0.3, 0.4) is 0 Å². The number of esters is 1. The summed E-state index contributed by atoms with van der Waals surface area (Å²) < 4.78 is 8.05. The summed E-state index contributed by atoms with van der Waals surface area (Å²) in [5, 5.41) is 4.54. The van der Waals surface area contributed by atoms with Crippen molar-refractivity contribution in [1.82, 2.24) is 24.5 Å². The zero-order chi connectivity index (χ0) is 28.6. The average Bonchev–Trinajstić information content (AvgIpc) is 3.73. The summed E-state index contributed by atoms with van der Waals surface area (Å²) in [7, 11) is 0. The highest BCUT2D eigenvalue weighted by atomic mass is 16.6. The summed E-state index contributed by atoms with van der Waals surface area (Å²) in [6.45, 7) is 9.50. The van der Waals surface area contributed by atoms with Crippen molar-refractivity contribution in [3.05, 3.63) is 58.2 Å². The van der Waals surface area contributed by atoms with E-state index in [0.29, 0.717) is 18.0 Å². The maximum Gasteiger partial charge on any atom is 0.317 e. The zero-order valence-electron chi connectivity index (χ0n) is 24.8. The van der Waals surface area contributed by atoms with Gasteiger partial charge in [0.15, 0.2) is 11.6 Å². The molecule has 8 nitrogen and oxygen atoms in total. The van der Waals surface area contributed by atoms with Crippen LogP contribution < -0.4 is 0 Å². The van der Waals surface area contributed by atoms with Crippen molar-refractivity contribution >= 4 is 17.5 Å². The average molecular weight is 558 g/mol. The first-order valence-corrected chi connectivity index (χ1v) is 15.6. The number of nitrogens with zero attached hydrogens (tertiary/aromatic N) is 5. The van der Waals surface area contributed by atoms with Gasteiger partial charge in [-0.05, 0) is 101 Å². The molecule has 2 unspecified atom stereocenters. The van der Waals surface area contributed by atoms with E-state index in [2.05, 4.69) is 45.1 Å². The molecule has 3 aliphatic rings. The summed E-state index contributed by atoms with van der Waals surface area (Å²) in [6, 6.07) is 8.82. The van der Waals surface area contributed by atoms with Crippen molar-refractivity contribution in [3.63, 3.8) is 0 Å². The molecule has 6 rings (SSSR count). The van der Waals surface area contributed by atoms with Gasteiger partial charge < -0.3 is 4.74 Å². The smallest absolute Gasteiger partial charge is 0.317 e. The van der Waals surface area contributed by atoms with Gasteiger partial charge in [-0.2, -0.15) is 4.98 Å². The molecule has 2 aliphatic heterocycles. The highest BCUT2D eigenvalue weighted by molar-refractivity contribution is 6.01. The number of aryl methyl sites for hydroxylation is 4. The van der Waals surface area contributed by atoms with E-state index in [0.717, 1.165) is 56.5 Å². The minimum Gasteiger partial charge on any atom is -0.458 e. The third-order valence-electron chi connectivity index (χ3n) is 9.68. The number of ether oxygens (including phenoxy) is 1. The van der Waals surface area contributed by atoms with Crippen molar-refractivity contribution in [2.45, 2.75) is 104 Å². The Hall–Kier alpha value is -3.13. The Morgan fingerprint density at radius 2 is 1.78 bits per heavy atom. The van der Waals surface area contributed by atoms with Gasteiger partial charge in [-0.15, -0.1) is 5.10 Å². The van der Waals surface area contributed by atoms with Crippen LogP contribution in [0.4, 0.5) is 0 Å². The van der Waals surface area contributed by atoms with E-state index < -0.39 is 17.5 Å². The number of aromatic nitrogens is 4. The summed E-state index contributed by atoms with van der Waals surface area (Å²) in [5.41, 5.74) is 5.15. The summed E-state index contributed by atoms with van der Waals surface area (Å²) in [4.78, 5) is 38.7. The Morgan fingerprint density at radius 3 is 2.51 bits per heavy atom. The molecule has 0 N–H and O–H groups in total. The molecule has 0 bridgehead atoms. The SMILES string of the molecule is CCc1cc(CCC2(C3CCCC3)CC(=O)C(Cc3nc4nc(C)cc(C)n4n3)C(=O)O2)ccc1CN1CCCC1. The number of ketones is 1. The van der Waals surface area contributed by atoms with Crippen LogP contribution in [0.2, 0.25) is 0 Å². The Bertz CT molecular complexity index is 1420. The highest BCUT2D eigenvalue weighted by Crippen LogP contribution is 2.45. The first kappa shape index (κ1) is 28.0. The summed E-state index contributed by atoms with van der Waals surface area (Å²) in [6.07, 6.45) is 9.81. The molecule has 2 atom stereocenters. The molecular formula is C33H43N5O3. The van der Waals surface area contributed by atoms with Gasteiger partial charge in [0.25, 0.3) is 5.78 Å². The molecule has 0 spiro atoms. The molecule has 0 radical (unpaired) electrons. The molecule has 41 heavy (non-hydrogen) atoms. The number of likely N-dealkylation sites (tertiary alicyclic amines) is 1. The van der Waals surface area contributed by atoms with Gasteiger partial charge in [-0.25, -0.2) is 9.50 Å². The number of cyclic esters (lactones) is 1. The van der Waals surface area contributed by atoms with Crippen molar-refractivity contribution in [1.29, 1.82) is 0 Å². The molecule has 2 aromatic heterocycles. The van der Waals surface area contributed by atoms with Gasteiger partial charge in [0.2, 0.25) is 0 Å². The van der Waals surface area contributed by atoms with Crippen LogP contribution in [0, 0.1) is 25.7 Å². The molecule has 3 fully saturated rings. The molecule has 1 aromatic carbocycles. The van der Waals surface area contributed by atoms with E-state index in [-0.39, 0.29) is 24.5 Å². The fourth-order valence-electron chi connectivity index (χ4n) is 7.41. The molecule has 4 heterocycles. The quantitative estimate of drug-likeness (QED) is 0.266. The molecule has 8 heteroatoms. The normalized spacial score (nSPS) is 24.0. The first-order chi connectivity index (χ1) is 19.8. The topological polar surface area (TPSA) is 89.7 Å². The number of hydrogen-bond donors (Lipinski definition) is 0. The number of fused-ring (bicyclic) bond motifs is 1. The highest BCUT2D eigenvalue weighted by Gasteiger charge is 2.51. The van der Waals surface area contributed by atoms with Crippen LogP contribution in [-0.4, -0.2) is 54.9 Å². The predicted octanol–water partition coefficient (Wildman–Crippen LogP) is 5.14. The van der Waals surface area contributed by atoms with Gasteiger partial charge in [-0.1, -0.05) is 38.0 Å². The van der Waals surface area contributed by atoms with Crippen LogP contribution in [0.25, 0.3) is 5.78 Å². The maximum atomic E-state index is 13.7. The predicted molar refractivity (Wildman–Crippen MR) is 157 cm³/mol. The van der Waals surface area contributed by atoms with Crippen LogP contribution in [-0.2, 0) is 40.1 Å². The molecule has 2 saturated heterocycles. The minimum atomic E-state index is -0.861. The number of Topliss-reactive ketones (excluding diaryl/α,β-unsaturated/α-hetero) is 1. The van der Waals surface area contributed by atoms with Crippen LogP contribution >= 0.6 is 0 Å². The van der Waals surface area contributed by atoms with E-state index in [9.17, 15) is 9.59 Å². The monoisotopic (exact) mass is 557 g/mol. The second kappa shape index (κ2) is 11.6. The summed E-state index contributed by atoms with van der Waals surface area (Å²) >= 11 is 0. The van der Waals surface area contributed by atoms with E-state index >= 15 is 0 Å². The van der Waals surface area contributed by atoms with Gasteiger partial charge >= 0.3 is 5.97 Å². The molecule has 0 amide bonds. The Balaban J connectivity index is 1.18. The third kappa shape index (κ3) is 5.81. The Labute approximate surface area is 242 Å². The zero-order valence-corrected chi connectivity index (χ0v) is 24.8. The first-order valence-electron chi connectivity index (χ1n) is 15.6. The van der Waals surface area contributed by atoms with Gasteiger partial charge in [0.1, 0.15) is 11.5 Å². The Morgan fingerprint density at radius 1 is 1.00 bits per heavy atom. The second-order valence-electron chi connectivity index (χ2n) is 12.6. The van der Waals surface area contributed by atoms with E-state index in [1.807, 2.05) is 19.9 Å². The number of rotatable bonds is 9. The molecule has 1 saturated carbocycles. The molecule has 3 aromatic rings. The van der Waals surface area contributed by atoms with E-state index in [1.165, 1.54) is 42.6 Å². The second-order valence-corrected chi connectivity index (χ2v) is 12.6. The maximum absolute atomic E-state index is 13.7. The standard InChI is InChI=1S/C33H43N5O3/c1-4-25-18-24(11-12-26(25)21-37-15-7-8-16-37)13-14-33(27-9-5-6-10-27)20-29(39)28(31(40)41-33)19-30-35-32-34-22(2)17-23(3)38(32)36-30/h11-12,17-18,27-28H,4-10,13-16,19-21H2,1-3H3. The lowest BCUT2D eigenvalue weighted by molar-refractivity contribution is -0.185. The van der Waals surface area contributed by atoms with Crippen LogP contribution in [0.1, 0.15) is 92.2 Å². The lowest BCUT2D eigenvalue weighted by atomic mass is 9.73. The van der Waals surface area contributed by atoms with E-state index in [1.54, 1.807) is 4.52 Å². The number of benzene rings is 1. The largest absolute Gasteiger partial charge is 0.458 e. The number of hydrogen-bond acceptors (Lipinski definition) is 7. The van der Waals surface area contributed by atoms with Crippen molar-refractivity contribution < 1.29 is 14.3 Å². The van der Waals surface area contributed by atoms with Crippen molar-refractivity contribution in [2.24, 2.45) is 11.8 Å². The minimum absolute atomic E-state index is 0.0388. The fraction of sp³-hybridized carbons (Fsp3) is 0.606. The van der Waals surface area contributed by atoms with E-state index in [4.69, 9.17) is 4.74 Å². The van der Waals surface area contributed by atoms with Crippen molar-refractivity contribution in [2.75, 3.05) is 13.1 Å². The Kier molecular flexibility index (Phi) is 7.94.